The highest BCUT2D eigenvalue weighted by molar-refractivity contribution is 5.87. The number of ether oxygens (including phenoxy) is 1. The number of hydrogen-bond donors (Lipinski definition) is 2. The quantitative estimate of drug-likeness (QED) is 0.807. The van der Waals surface area contributed by atoms with Crippen LogP contribution in [-0.2, 0) is 0 Å². The maximum Gasteiger partial charge on any atom is 0.354 e. The number of nitrogen functional groups attached to an aromatic ring is 1. The number of carbonyl (C=O) groups is 1. The molecule has 0 saturated carbocycles. The van der Waals surface area contributed by atoms with Gasteiger partial charge in [0, 0.05) is 5.56 Å². The maximum absolute atomic E-state index is 10.9. The fraction of sp³-hybridized carbons (Fsp3) is 0.0714. The second-order valence-corrected chi connectivity index (χ2v) is 3.93. The number of aromatic nitrogens is 2. The molecule has 2 aromatic rings. The molecule has 2 rings (SSSR count). The third kappa shape index (κ3) is 3.11. The van der Waals surface area contributed by atoms with Gasteiger partial charge in [-0.25, -0.2) is 14.8 Å². The Labute approximate surface area is 115 Å². The first kappa shape index (κ1) is 13.5. The lowest BCUT2D eigenvalue weighted by atomic mass is 10.1. The predicted octanol–water partition coefficient (Wildman–Crippen LogP) is 1.99. The molecule has 0 spiro atoms. The van der Waals surface area contributed by atoms with Gasteiger partial charge in [0.25, 0.3) is 0 Å². The molecule has 20 heavy (non-hydrogen) atoms. The van der Waals surface area contributed by atoms with Crippen molar-refractivity contribution in [3.8, 4) is 17.0 Å². The highest BCUT2D eigenvalue weighted by Gasteiger charge is 2.10. The van der Waals surface area contributed by atoms with Gasteiger partial charge in [0.15, 0.2) is 5.69 Å². The van der Waals surface area contributed by atoms with Crippen LogP contribution >= 0.6 is 0 Å². The molecule has 6 heteroatoms. The van der Waals surface area contributed by atoms with Crippen LogP contribution in [0.1, 0.15) is 10.5 Å². The monoisotopic (exact) mass is 271 g/mol. The van der Waals surface area contributed by atoms with Crippen LogP contribution in [0.15, 0.2) is 43.0 Å². The number of nitrogens with zero attached hydrogens (tertiary/aromatic N) is 2. The van der Waals surface area contributed by atoms with Crippen molar-refractivity contribution in [2.24, 2.45) is 0 Å². The van der Waals surface area contributed by atoms with Crippen LogP contribution < -0.4 is 10.5 Å². The standard InChI is InChI=1S/C14H13N3O3/c1-2-7-20-10-5-3-9(4-6-10)11-8-12(13(18)19)17-14(15)16-11/h2-6,8H,1,7H2,(H,18,19)(H2,15,16,17). The van der Waals surface area contributed by atoms with Crippen molar-refractivity contribution in [3.05, 3.63) is 48.7 Å². The number of rotatable bonds is 5. The SMILES string of the molecule is C=CCOc1ccc(-c2cc(C(=O)O)nc(N)n2)cc1. The van der Waals surface area contributed by atoms with E-state index in [1.165, 1.54) is 6.07 Å². The number of hydrogen-bond acceptors (Lipinski definition) is 5. The summed E-state index contributed by atoms with van der Waals surface area (Å²) in [6, 6.07) is 8.44. The molecule has 0 amide bonds. The Bertz CT molecular complexity index is 639. The molecule has 1 aromatic heterocycles. The summed E-state index contributed by atoms with van der Waals surface area (Å²) in [7, 11) is 0. The van der Waals surface area contributed by atoms with Crippen LogP contribution in [0.5, 0.6) is 5.75 Å². The van der Waals surface area contributed by atoms with Crippen LogP contribution in [0.25, 0.3) is 11.3 Å². The molecule has 0 aliphatic heterocycles. The smallest absolute Gasteiger partial charge is 0.354 e. The minimum absolute atomic E-state index is 0.0770. The fourth-order valence-corrected chi connectivity index (χ4v) is 1.60. The molecule has 0 radical (unpaired) electrons. The molecule has 6 nitrogen and oxygen atoms in total. The molecule has 0 bridgehead atoms. The van der Waals surface area contributed by atoms with Crippen molar-refractivity contribution in [1.82, 2.24) is 9.97 Å². The minimum atomic E-state index is -1.15. The van der Waals surface area contributed by atoms with Gasteiger partial charge in [0.2, 0.25) is 5.95 Å². The highest BCUT2D eigenvalue weighted by atomic mass is 16.5. The molecule has 1 heterocycles. The molecule has 0 atom stereocenters. The van der Waals surface area contributed by atoms with E-state index >= 15 is 0 Å². The summed E-state index contributed by atoms with van der Waals surface area (Å²) in [5.74, 6) is -0.535. The van der Waals surface area contributed by atoms with E-state index in [1.807, 2.05) is 0 Å². The third-order valence-corrected chi connectivity index (χ3v) is 2.48. The molecule has 0 saturated heterocycles. The molecule has 1 aromatic carbocycles. The van der Waals surface area contributed by atoms with E-state index in [9.17, 15) is 4.79 Å². The Kier molecular flexibility index (Phi) is 3.95. The highest BCUT2D eigenvalue weighted by Crippen LogP contribution is 2.22. The van der Waals surface area contributed by atoms with Crippen LogP contribution in [0.3, 0.4) is 0 Å². The normalized spacial score (nSPS) is 10.0. The molecule has 0 unspecified atom stereocenters. The topological polar surface area (TPSA) is 98.3 Å². The maximum atomic E-state index is 10.9. The van der Waals surface area contributed by atoms with Gasteiger partial charge in [0.1, 0.15) is 12.4 Å². The van der Waals surface area contributed by atoms with Crippen LogP contribution in [0.4, 0.5) is 5.95 Å². The lowest BCUT2D eigenvalue weighted by Crippen LogP contribution is -2.06. The van der Waals surface area contributed by atoms with Crippen LogP contribution in [0.2, 0.25) is 0 Å². The zero-order valence-corrected chi connectivity index (χ0v) is 10.6. The Morgan fingerprint density at radius 3 is 2.65 bits per heavy atom. The van der Waals surface area contributed by atoms with E-state index in [1.54, 1.807) is 30.3 Å². The van der Waals surface area contributed by atoms with Gasteiger partial charge in [-0.1, -0.05) is 12.7 Å². The Morgan fingerprint density at radius 2 is 2.05 bits per heavy atom. The number of aromatic carboxylic acids is 1. The molecule has 0 aliphatic carbocycles. The van der Waals surface area contributed by atoms with Gasteiger partial charge in [-0.2, -0.15) is 0 Å². The van der Waals surface area contributed by atoms with Crippen molar-refractivity contribution < 1.29 is 14.6 Å². The van der Waals surface area contributed by atoms with E-state index in [0.717, 1.165) is 5.56 Å². The molecule has 102 valence electrons. The molecular weight excluding hydrogens is 258 g/mol. The van der Waals surface area contributed by atoms with Gasteiger partial charge in [-0.15, -0.1) is 0 Å². The zero-order chi connectivity index (χ0) is 14.5. The van der Waals surface area contributed by atoms with E-state index in [2.05, 4.69) is 16.5 Å². The van der Waals surface area contributed by atoms with Gasteiger partial charge in [-0.3, -0.25) is 0 Å². The molecule has 3 N–H and O–H groups in total. The summed E-state index contributed by atoms with van der Waals surface area (Å²) in [4.78, 5) is 18.6. The summed E-state index contributed by atoms with van der Waals surface area (Å²) in [6.45, 7) is 3.98. The zero-order valence-electron chi connectivity index (χ0n) is 10.6. The number of benzene rings is 1. The van der Waals surface area contributed by atoms with Crippen LogP contribution in [-0.4, -0.2) is 27.7 Å². The average Bonchev–Trinajstić information content (AvgIpc) is 2.45. The molecule has 0 fully saturated rings. The van der Waals surface area contributed by atoms with E-state index < -0.39 is 5.97 Å². The Morgan fingerprint density at radius 1 is 1.35 bits per heavy atom. The Hall–Kier alpha value is -2.89. The van der Waals surface area contributed by atoms with Gasteiger partial charge in [-0.05, 0) is 30.3 Å². The van der Waals surface area contributed by atoms with E-state index in [0.29, 0.717) is 18.1 Å². The average molecular weight is 271 g/mol. The number of carboxylic acids is 1. The lowest BCUT2D eigenvalue weighted by molar-refractivity contribution is 0.0690. The second-order valence-electron chi connectivity index (χ2n) is 3.93. The third-order valence-electron chi connectivity index (χ3n) is 2.48. The van der Waals surface area contributed by atoms with Gasteiger partial charge >= 0.3 is 5.97 Å². The molecule has 0 aliphatic rings. The van der Waals surface area contributed by atoms with Crippen molar-refractivity contribution in [2.45, 2.75) is 0 Å². The lowest BCUT2D eigenvalue weighted by Gasteiger charge is -2.06. The van der Waals surface area contributed by atoms with Gasteiger partial charge < -0.3 is 15.6 Å². The minimum Gasteiger partial charge on any atom is -0.490 e. The largest absolute Gasteiger partial charge is 0.490 e. The molecular formula is C14H13N3O3. The summed E-state index contributed by atoms with van der Waals surface area (Å²) < 4.78 is 5.36. The summed E-state index contributed by atoms with van der Waals surface area (Å²) in [5.41, 5.74) is 6.55. The van der Waals surface area contributed by atoms with Crippen LogP contribution in [0, 0.1) is 0 Å². The Balaban J connectivity index is 2.31. The van der Waals surface area contributed by atoms with Crippen molar-refractivity contribution >= 4 is 11.9 Å². The number of carboxylic acid groups (broad SMARTS) is 1. The van der Waals surface area contributed by atoms with E-state index in [4.69, 9.17) is 15.6 Å². The van der Waals surface area contributed by atoms with Gasteiger partial charge in [0.05, 0.1) is 5.69 Å². The first-order valence-corrected chi connectivity index (χ1v) is 5.82. The summed E-state index contributed by atoms with van der Waals surface area (Å²) in [6.07, 6.45) is 1.65. The first-order chi connectivity index (χ1) is 9.60. The number of anilines is 1. The second kappa shape index (κ2) is 5.83. The number of nitrogens with two attached hydrogens (primary N) is 1. The summed E-state index contributed by atoms with van der Waals surface area (Å²) in [5, 5.41) is 8.95. The first-order valence-electron chi connectivity index (χ1n) is 5.82. The van der Waals surface area contributed by atoms with E-state index in [-0.39, 0.29) is 11.6 Å². The fourth-order valence-electron chi connectivity index (χ4n) is 1.60. The van der Waals surface area contributed by atoms with Crippen molar-refractivity contribution in [3.63, 3.8) is 0 Å². The summed E-state index contributed by atoms with van der Waals surface area (Å²) >= 11 is 0. The van der Waals surface area contributed by atoms with Crippen molar-refractivity contribution in [2.75, 3.05) is 12.3 Å². The van der Waals surface area contributed by atoms with Crippen molar-refractivity contribution in [1.29, 1.82) is 0 Å². The predicted molar refractivity (Wildman–Crippen MR) is 74.5 cm³/mol.